The molecule has 7 heteroatoms. The van der Waals surface area contributed by atoms with Crippen molar-refractivity contribution in [3.05, 3.63) is 24.3 Å². The number of aromatic nitrogens is 2. The summed E-state index contributed by atoms with van der Waals surface area (Å²) in [5, 5.41) is 3.16. The van der Waals surface area contributed by atoms with Crippen molar-refractivity contribution in [2.24, 2.45) is 0 Å². The number of hydrogen-bond donors (Lipinski definition) is 2. The molecule has 0 saturated heterocycles. The maximum atomic E-state index is 11.7. The lowest BCUT2D eigenvalue weighted by molar-refractivity contribution is 0.573. The van der Waals surface area contributed by atoms with E-state index in [0.29, 0.717) is 12.1 Å². The molecule has 0 aliphatic heterocycles. The van der Waals surface area contributed by atoms with Gasteiger partial charge < -0.3 is 5.32 Å². The molecule has 1 rings (SSSR count). The van der Waals surface area contributed by atoms with E-state index in [-0.39, 0.29) is 12.3 Å². The molecule has 0 aliphatic rings. The maximum Gasteiger partial charge on any atom is 0.211 e. The minimum absolute atomic E-state index is 0.156. The molecule has 1 aromatic heterocycles. The van der Waals surface area contributed by atoms with Crippen LogP contribution < -0.4 is 10.0 Å². The van der Waals surface area contributed by atoms with E-state index in [1.807, 2.05) is 6.92 Å². The molecule has 0 aliphatic carbocycles. The first-order chi connectivity index (χ1) is 8.64. The summed E-state index contributed by atoms with van der Waals surface area (Å²) in [5.41, 5.74) is 0.668. The highest BCUT2D eigenvalue weighted by molar-refractivity contribution is 7.89. The third kappa shape index (κ3) is 6.63. The van der Waals surface area contributed by atoms with Gasteiger partial charge in [0.1, 0.15) is 6.33 Å². The van der Waals surface area contributed by atoms with Crippen LogP contribution in [-0.2, 0) is 16.6 Å². The number of unbranched alkanes of at least 4 members (excludes halogenated alkanes) is 1. The predicted molar refractivity (Wildman–Crippen MR) is 70.4 cm³/mol. The van der Waals surface area contributed by atoms with Crippen molar-refractivity contribution in [2.75, 3.05) is 18.8 Å². The fourth-order valence-electron chi connectivity index (χ4n) is 1.40. The lowest BCUT2D eigenvalue weighted by atomic mass is 10.3. The van der Waals surface area contributed by atoms with Crippen LogP contribution in [0.15, 0.2) is 18.6 Å². The number of nitrogens with one attached hydrogen (secondary N) is 2. The molecule has 1 heterocycles. The molecule has 0 fully saturated rings. The largest absolute Gasteiger partial charge is 0.317 e. The van der Waals surface area contributed by atoms with E-state index < -0.39 is 10.0 Å². The van der Waals surface area contributed by atoms with Gasteiger partial charge in [-0.05, 0) is 32.0 Å². The van der Waals surface area contributed by atoms with E-state index in [1.54, 1.807) is 12.3 Å². The Labute approximate surface area is 108 Å². The molecule has 6 nitrogen and oxygen atoms in total. The molecule has 0 aromatic carbocycles. The maximum absolute atomic E-state index is 11.7. The van der Waals surface area contributed by atoms with Crippen molar-refractivity contribution in [1.82, 2.24) is 20.0 Å². The average molecular weight is 272 g/mol. The molecule has 1 aromatic rings. The van der Waals surface area contributed by atoms with Crippen LogP contribution in [0.1, 0.15) is 25.5 Å². The topological polar surface area (TPSA) is 84.0 Å². The second kappa shape index (κ2) is 8.12. The van der Waals surface area contributed by atoms with Crippen LogP contribution in [0.3, 0.4) is 0 Å². The summed E-state index contributed by atoms with van der Waals surface area (Å²) in [5.74, 6) is 0.156. The van der Waals surface area contributed by atoms with Gasteiger partial charge in [0.15, 0.2) is 0 Å². The molecule has 0 atom stereocenters. The van der Waals surface area contributed by atoms with Crippen LogP contribution >= 0.6 is 0 Å². The third-order valence-corrected chi connectivity index (χ3v) is 3.79. The van der Waals surface area contributed by atoms with Crippen LogP contribution in [0.2, 0.25) is 0 Å². The SMILES string of the molecule is CCNCCCCS(=O)(=O)NCc1ccncn1. The fourth-order valence-corrected chi connectivity index (χ4v) is 2.49. The van der Waals surface area contributed by atoms with Crippen molar-refractivity contribution < 1.29 is 8.42 Å². The van der Waals surface area contributed by atoms with Crippen LogP contribution in [0, 0.1) is 0 Å². The molecule has 0 amide bonds. The first-order valence-electron chi connectivity index (χ1n) is 6.07. The van der Waals surface area contributed by atoms with Gasteiger partial charge in [-0.1, -0.05) is 6.92 Å². The van der Waals surface area contributed by atoms with E-state index in [0.717, 1.165) is 19.5 Å². The molecule has 2 N–H and O–H groups in total. The smallest absolute Gasteiger partial charge is 0.211 e. The van der Waals surface area contributed by atoms with Crippen molar-refractivity contribution in [1.29, 1.82) is 0 Å². The zero-order chi connectivity index (χ0) is 13.3. The van der Waals surface area contributed by atoms with Gasteiger partial charge in [0, 0.05) is 6.20 Å². The number of sulfonamides is 1. The van der Waals surface area contributed by atoms with Gasteiger partial charge in [0.2, 0.25) is 10.0 Å². The zero-order valence-electron chi connectivity index (χ0n) is 10.6. The van der Waals surface area contributed by atoms with Crippen molar-refractivity contribution >= 4 is 10.0 Å². The Morgan fingerprint density at radius 1 is 1.33 bits per heavy atom. The summed E-state index contributed by atoms with van der Waals surface area (Å²) in [4.78, 5) is 7.73. The van der Waals surface area contributed by atoms with Gasteiger partial charge in [-0.2, -0.15) is 0 Å². The summed E-state index contributed by atoms with van der Waals surface area (Å²) < 4.78 is 25.9. The van der Waals surface area contributed by atoms with Gasteiger partial charge in [-0.15, -0.1) is 0 Å². The van der Waals surface area contributed by atoms with E-state index >= 15 is 0 Å². The Morgan fingerprint density at radius 3 is 2.83 bits per heavy atom. The molecular weight excluding hydrogens is 252 g/mol. The Hall–Kier alpha value is -1.05. The van der Waals surface area contributed by atoms with Crippen LogP contribution in [0.25, 0.3) is 0 Å². The van der Waals surface area contributed by atoms with Crippen LogP contribution in [0.4, 0.5) is 0 Å². The highest BCUT2D eigenvalue weighted by atomic mass is 32.2. The third-order valence-electron chi connectivity index (χ3n) is 2.38. The first kappa shape index (κ1) is 15.0. The van der Waals surface area contributed by atoms with Crippen LogP contribution in [0.5, 0.6) is 0 Å². The summed E-state index contributed by atoms with van der Waals surface area (Å²) in [6, 6.07) is 1.69. The Balaban J connectivity index is 2.23. The minimum Gasteiger partial charge on any atom is -0.317 e. The van der Waals surface area contributed by atoms with Gasteiger partial charge in [-0.3, -0.25) is 0 Å². The van der Waals surface area contributed by atoms with E-state index in [1.165, 1.54) is 6.33 Å². The molecule has 18 heavy (non-hydrogen) atoms. The normalized spacial score (nSPS) is 11.6. The Kier molecular flexibility index (Phi) is 6.77. The van der Waals surface area contributed by atoms with E-state index in [2.05, 4.69) is 20.0 Å². The standard InChI is InChI=1S/C11H20N4O2S/c1-2-12-6-3-4-8-18(16,17)15-9-11-5-7-13-10-14-11/h5,7,10,12,15H,2-4,6,8-9H2,1H3. The van der Waals surface area contributed by atoms with Gasteiger partial charge >= 0.3 is 0 Å². The summed E-state index contributed by atoms with van der Waals surface area (Å²) >= 11 is 0. The van der Waals surface area contributed by atoms with Gasteiger partial charge in [-0.25, -0.2) is 23.1 Å². The van der Waals surface area contributed by atoms with Crippen molar-refractivity contribution in [3.8, 4) is 0 Å². The molecule has 0 radical (unpaired) electrons. The highest BCUT2D eigenvalue weighted by Gasteiger charge is 2.09. The second-order valence-electron chi connectivity index (χ2n) is 3.90. The van der Waals surface area contributed by atoms with E-state index in [9.17, 15) is 8.42 Å². The second-order valence-corrected chi connectivity index (χ2v) is 5.83. The van der Waals surface area contributed by atoms with Gasteiger partial charge in [0.05, 0.1) is 18.0 Å². The summed E-state index contributed by atoms with van der Waals surface area (Å²) in [7, 11) is -3.21. The van der Waals surface area contributed by atoms with Crippen molar-refractivity contribution in [2.45, 2.75) is 26.3 Å². The number of nitrogens with zero attached hydrogens (tertiary/aromatic N) is 2. The molecule has 0 saturated carbocycles. The summed E-state index contributed by atoms with van der Waals surface area (Å²) in [6.45, 7) is 4.02. The quantitative estimate of drug-likeness (QED) is 0.631. The van der Waals surface area contributed by atoms with E-state index in [4.69, 9.17) is 0 Å². The zero-order valence-corrected chi connectivity index (χ0v) is 11.4. The molecule has 0 bridgehead atoms. The van der Waals surface area contributed by atoms with Crippen molar-refractivity contribution in [3.63, 3.8) is 0 Å². The Bertz CT molecular complexity index is 422. The molecule has 102 valence electrons. The molecule has 0 unspecified atom stereocenters. The number of rotatable bonds is 9. The first-order valence-corrected chi connectivity index (χ1v) is 7.72. The summed E-state index contributed by atoms with van der Waals surface area (Å²) in [6.07, 6.45) is 4.52. The lowest BCUT2D eigenvalue weighted by Gasteiger charge is -2.06. The van der Waals surface area contributed by atoms with Crippen LogP contribution in [-0.4, -0.2) is 37.2 Å². The van der Waals surface area contributed by atoms with Gasteiger partial charge in [0.25, 0.3) is 0 Å². The minimum atomic E-state index is -3.21. The average Bonchev–Trinajstić information content (AvgIpc) is 2.38. The Morgan fingerprint density at radius 2 is 2.17 bits per heavy atom. The number of hydrogen-bond acceptors (Lipinski definition) is 5. The monoisotopic (exact) mass is 272 g/mol. The molecular formula is C11H20N4O2S. The predicted octanol–water partition coefficient (Wildman–Crippen LogP) is 0.286. The lowest BCUT2D eigenvalue weighted by Crippen LogP contribution is -2.27. The molecule has 0 spiro atoms. The fraction of sp³-hybridized carbons (Fsp3) is 0.636. The highest BCUT2D eigenvalue weighted by Crippen LogP contribution is 1.97.